The summed E-state index contributed by atoms with van der Waals surface area (Å²) in [6, 6.07) is 37.7. The van der Waals surface area contributed by atoms with Gasteiger partial charge < -0.3 is 4.90 Å². The summed E-state index contributed by atoms with van der Waals surface area (Å²) in [6.45, 7) is 9.54. The molecule has 0 amide bonds. The number of allylic oxidation sites excluding steroid dienone is 7. The van der Waals surface area contributed by atoms with Crippen molar-refractivity contribution in [2.45, 2.75) is 62.7 Å². The molecule has 0 N–H and O–H groups in total. The molecular formula is C46H45N2S+. The van der Waals surface area contributed by atoms with E-state index in [1.807, 2.05) is 11.8 Å². The molecule has 1 aliphatic carbocycles. The third-order valence-electron chi connectivity index (χ3n) is 11.1. The van der Waals surface area contributed by atoms with E-state index in [0.717, 1.165) is 19.3 Å². The first kappa shape index (κ1) is 31.7. The normalized spacial score (nSPS) is 20.0. The first-order valence-electron chi connectivity index (χ1n) is 17.6. The molecule has 0 fully saturated rings. The number of thioether (sulfide) groups is 1. The highest BCUT2D eigenvalue weighted by atomic mass is 32.2. The summed E-state index contributed by atoms with van der Waals surface area (Å²) < 4.78 is 2.41. The van der Waals surface area contributed by atoms with Crippen molar-refractivity contribution in [3.8, 4) is 0 Å². The number of rotatable bonds is 5. The van der Waals surface area contributed by atoms with Crippen molar-refractivity contribution in [3.05, 3.63) is 160 Å². The molecule has 49 heavy (non-hydrogen) atoms. The number of hydrogen-bond donors (Lipinski definition) is 0. The van der Waals surface area contributed by atoms with Gasteiger partial charge >= 0.3 is 0 Å². The Kier molecular flexibility index (Phi) is 7.80. The van der Waals surface area contributed by atoms with Crippen molar-refractivity contribution >= 4 is 50.4 Å². The molecule has 2 aliphatic heterocycles. The van der Waals surface area contributed by atoms with Crippen LogP contribution in [0.15, 0.2) is 154 Å². The smallest absolute Gasteiger partial charge is 0.210 e. The summed E-state index contributed by atoms with van der Waals surface area (Å²) in [5.74, 6) is 0. The molecule has 0 spiro atoms. The molecule has 0 atom stereocenters. The number of nitrogens with zero attached hydrogens (tertiary/aromatic N) is 2. The largest absolute Gasteiger partial charge is 0.347 e. The number of hydrogen-bond acceptors (Lipinski definition) is 2. The average Bonchev–Trinajstić information content (AvgIpc) is 3.44. The van der Waals surface area contributed by atoms with Gasteiger partial charge in [-0.2, -0.15) is 4.58 Å². The maximum absolute atomic E-state index is 2.43. The zero-order valence-corrected chi connectivity index (χ0v) is 30.4. The predicted octanol–water partition coefficient (Wildman–Crippen LogP) is 12.0. The number of anilines is 1. The Hall–Kier alpha value is -4.60. The quantitative estimate of drug-likeness (QED) is 0.174. The molecule has 0 saturated heterocycles. The Bertz CT molecular complexity index is 2290. The van der Waals surface area contributed by atoms with Crippen LogP contribution in [0.2, 0.25) is 0 Å². The highest BCUT2D eigenvalue weighted by Gasteiger charge is 2.44. The van der Waals surface area contributed by atoms with Crippen molar-refractivity contribution in [1.82, 2.24) is 0 Å². The minimum atomic E-state index is -0.107. The zero-order valence-electron chi connectivity index (χ0n) is 29.5. The van der Waals surface area contributed by atoms with E-state index in [1.165, 1.54) is 76.4 Å². The monoisotopic (exact) mass is 657 g/mol. The number of fused-ring (bicyclic) bond motifs is 6. The van der Waals surface area contributed by atoms with Gasteiger partial charge in [0.25, 0.3) is 0 Å². The summed E-state index contributed by atoms with van der Waals surface area (Å²) >= 11 is 1.92. The van der Waals surface area contributed by atoms with Crippen LogP contribution in [0, 0.1) is 0 Å². The maximum Gasteiger partial charge on any atom is 0.210 e. The Morgan fingerprint density at radius 1 is 0.673 bits per heavy atom. The molecule has 244 valence electrons. The number of likely N-dealkylation sites (N-methyl/N-ethyl adjacent to an activating group) is 1. The zero-order chi connectivity index (χ0) is 33.9. The van der Waals surface area contributed by atoms with Crippen molar-refractivity contribution in [1.29, 1.82) is 0 Å². The van der Waals surface area contributed by atoms with E-state index in [9.17, 15) is 0 Å². The summed E-state index contributed by atoms with van der Waals surface area (Å²) in [7, 11) is 4.46. The van der Waals surface area contributed by atoms with Crippen LogP contribution in [0.3, 0.4) is 0 Å². The van der Waals surface area contributed by atoms with E-state index in [1.54, 1.807) is 0 Å². The molecule has 2 heterocycles. The summed E-state index contributed by atoms with van der Waals surface area (Å²) in [4.78, 5) is 5.09. The molecule has 0 radical (unpaired) electrons. The van der Waals surface area contributed by atoms with Gasteiger partial charge in [0.15, 0.2) is 5.71 Å². The van der Waals surface area contributed by atoms with E-state index < -0.39 is 0 Å². The second-order valence-electron chi connectivity index (χ2n) is 14.8. The first-order valence-corrected chi connectivity index (χ1v) is 18.4. The average molecular weight is 658 g/mol. The van der Waals surface area contributed by atoms with Gasteiger partial charge in [-0.25, -0.2) is 0 Å². The third kappa shape index (κ3) is 5.22. The summed E-state index contributed by atoms with van der Waals surface area (Å²) in [5, 5.41) is 5.32. The lowest BCUT2D eigenvalue weighted by molar-refractivity contribution is -0.401. The molecule has 0 saturated carbocycles. The Labute approximate surface area is 295 Å². The van der Waals surface area contributed by atoms with E-state index in [-0.39, 0.29) is 10.8 Å². The molecule has 0 aromatic heterocycles. The van der Waals surface area contributed by atoms with Crippen LogP contribution >= 0.6 is 11.8 Å². The van der Waals surface area contributed by atoms with E-state index in [0.29, 0.717) is 0 Å². The molecule has 5 aromatic rings. The fourth-order valence-corrected chi connectivity index (χ4v) is 9.84. The van der Waals surface area contributed by atoms with E-state index in [2.05, 4.69) is 179 Å². The fraction of sp³-hybridized carbons (Fsp3) is 0.239. The Morgan fingerprint density at radius 2 is 1.33 bits per heavy atom. The van der Waals surface area contributed by atoms with Gasteiger partial charge in [0.05, 0.1) is 5.41 Å². The van der Waals surface area contributed by atoms with E-state index >= 15 is 0 Å². The van der Waals surface area contributed by atoms with Gasteiger partial charge in [0, 0.05) is 51.4 Å². The lowest BCUT2D eigenvalue weighted by atomic mass is 9.78. The molecule has 5 aromatic carbocycles. The second kappa shape index (κ2) is 12.1. The lowest BCUT2D eigenvalue weighted by Gasteiger charge is -2.25. The minimum absolute atomic E-state index is 0.107. The molecule has 8 rings (SSSR count). The molecule has 2 nitrogen and oxygen atoms in total. The lowest BCUT2D eigenvalue weighted by Crippen LogP contribution is -2.27. The van der Waals surface area contributed by atoms with Crippen LogP contribution in [-0.2, 0) is 10.8 Å². The number of benzene rings is 5. The van der Waals surface area contributed by atoms with Crippen molar-refractivity contribution in [2.24, 2.45) is 0 Å². The fourth-order valence-electron chi connectivity index (χ4n) is 8.70. The van der Waals surface area contributed by atoms with Gasteiger partial charge in [0.1, 0.15) is 7.05 Å². The third-order valence-corrected chi connectivity index (χ3v) is 12.3. The molecule has 3 aliphatic rings. The predicted molar refractivity (Wildman–Crippen MR) is 212 cm³/mol. The van der Waals surface area contributed by atoms with Crippen molar-refractivity contribution in [3.63, 3.8) is 0 Å². The standard InChI is InChI=1S/C46H45N2S/c1-45(2)40(47(5)38-27-23-31-15-10-12-21-36(31)42(38)45)29-25-33-17-14-18-34(44(33)49-35-19-8-7-9-20-35)26-30-41-46(3,4)43-37-22-13-11-16-32(37)24-28-39(43)48(41)6/h7-13,15-16,19-30H,14,17-18H2,1-6H3/q+1. The van der Waals surface area contributed by atoms with Gasteiger partial charge in [-0.1, -0.05) is 111 Å². The van der Waals surface area contributed by atoms with Crippen LogP contribution in [-0.4, -0.2) is 24.4 Å². The molecule has 0 bridgehead atoms. The van der Waals surface area contributed by atoms with Gasteiger partial charge in [0.2, 0.25) is 5.69 Å². The van der Waals surface area contributed by atoms with Crippen LogP contribution in [0.25, 0.3) is 21.5 Å². The van der Waals surface area contributed by atoms with Crippen LogP contribution in [0.5, 0.6) is 0 Å². The Balaban J connectivity index is 1.20. The van der Waals surface area contributed by atoms with E-state index in [4.69, 9.17) is 0 Å². The van der Waals surface area contributed by atoms with Gasteiger partial charge in [-0.15, -0.1) is 0 Å². The summed E-state index contributed by atoms with van der Waals surface area (Å²) in [5.41, 5.74) is 10.8. The Morgan fingerprint density at radius 3 is 2.06 bits per heavy atom. The first-order chi connectivity index (χ1) is 23.7. The minimum Gasteiger partial charge on any atom is -0.347 e. The van der Waals surface area contributed by atoms with Crippen LogP contribution < -0.4 is 4.90 Å². The summed E-state index contributed by atoms with van der Waals surface area (Å²) in [6.07, 6.45) is 13.0. The highest BCUT2D eigenvalue weighted by molar-refractivity contribution is 8.03. The topological polar surface area (TPSA) is 6.25 Å². The molecule has 3 heteroatoms. The van der Waals surface area contributed by atoms with Gasteiger partial charge in [-0.05, 0) is 102 Å². The van der Waals surface area contributed by atoms with Crippen molar-refractivity contribution < 1.29 is 4.58 Å². The van der Waals surface area contributed by atoms with Crippen LogP contribution in [0.1, 0.15) is 58.1 Å². The molecule has 0 unspecified atom stereocenters. The maximum atomic E-state index is 2.43. The molecular weight excluding hydrogens is 613 g/mol. The van der Waals surface area contributed by atoms with Gasteiger partial charge in [-0.3, -0.25) is 0 Å². The highest BCUT2D eigenvalue weighted by Crippen LogP contribution is 2.51. The SMILES string of the molecule is CN1C(=CC=C2CCCC(C=CC3=[N+](C)c4ccc5ccccc5c4C3(C)C)=C2Sc2ccccc2)C(C)(C)c2c1ccc1ccccc21. The second-order valence-corrected chi connectivity index (χ2v) is 15.9. The van der Waals surface area contributed by atoms with Crippen molar-refractivity contribution in [2.75, 3.05) is 19.0 Å². The van der Waals surface area contributed by atoms with Crippen LogP contribution in [0.4, 0.5) is 11.4 Å².